The third-order valence-corrected chi connectivity index (χ3v) is 1.34. The van der Waals surface area contributed by atoms with Gasteiger partial charge in [-0.1, -0.05) is 13.3 Å². The number of carbonyl (C=O) groups is 2. The van der Waals surface area contributed by atoms with Crippen LogP contribution in [0.25, 0.3) is 0 Å². The smallest absolute Gasteiger partial charge is 0.132 e. The third kappa shape index (κ3) is 2.73. The van der Waals surface area contributed by atoms with Gasteiger partial charge in [0.05, 0.1) is 12.0 Å². The summed E-state index contributed by atoms with van der Waals surface area (Å²) in [7, 11) is 0. The summed E-state index contributed by atoms with van der Waals surface area (Å²) in [6.07, 6.45) is 1.45. The molecule has 0 aliphatic rings. The van der Waals surface area contributed by atoms with E-state index >= 15 is 0 Å². The lowest BCUT2D eigenvalue weighted by molar-refractivity contribution is -0.123. The van der Waals surface area contributed by atoms with Gasteiger partial charge in [0.2, 0.25) is 0 Å². The number of aliphatic hydroxyl groups is 1. The molecule has 0 bridgehead atoms. The molecule has 0 aliphatic heterocycles. The van der Waals surface area contributed by atoms with Crippen molar-refractivity contribution in [1.82, 2.24) is 0 Å². The molecule has 0 heterocycles. The van der Waals surface area contributed by atoms with Crippen molar-refractivity contribution in [2.75, 3.05) is 0 Å². The van der Waals surface area contributed by atoms with Crippen LogP contribution in [0.2, 0.25) is 0 Å². The van der Waals surface area contributed by atoms with E-state index in [2.05, 4.69) is 0 Å². The van der Waals surface area contributed by atoms with Crippen LogP contribution < -0.4 is 0 Å². The van der Waals surface area contributed by atoms with Crippen molar-refractivity contribution in [3.05, 3.63) is 0 Å². The van der Waals surface area contributed by atoms with Crippen LogP contribution in [0.1, 0.15) is 19.8 Å². The molecule has 10 heavy (non-hydrogen) atoms. The monoisotopic (exact) mass is 144 g/mol. The van der Waals surface area contributed by atoms with Gasteiger partial charge in [0.1, 0.15) is 12.6 Å². The molecule has 58 valence electrons. The highest BCUT2D eigenvalue weighted by Gasteiger charge is 2.15. The van der Waals surface area contributed by atoms with Crippen LogP contribution in [-0.2, 0) is 9.59 Å². The van der Waals surface area contributed by atoms with Gasteiger partial charge in [0.25, 0.3) is 0 Å². The van der Waals surface area contributed by atoms with Crippen LogP contribution in [0.3, 0.4) is 0 Å². The summed E-state index contributed by atoms with van der Waals surface area (Å²) in [5.41, 5.74) is 0. The molecule has 0 aromatic heterocycles. The molecule has 0 spiro atoms. The van der Waals surface area contributed by atoms with Crippen LogP contribution in [0, 0.1) is 5.92 Å². The fourth-order valence-corrected chi connectivity index (χ4v) is 0.702. The van der Waals surface area contributed by atoms with Crippen LogP contribution in [0.4, 0.5) is 0 Å². The molecule has 3 nitrogen and oxygen atoms in total. The number of aliphatic hydroxyl groups excluding tert-OH is 1. The molecule has 0 saturated carbocycles. The first-order valence-electron chi connectivity index (χ1n) is 3.34. The van der Waals surface area contributed by atoms with Gasteiger partial charge in [-0.3, -0.25) is 0 Å². The maximum Gasteiger partial charge on any atom is 0.132 e. The highest BCUT2D eigenvalue weighted by atomic mass is 16.3. The minimum Gasteiger partial charge on any atom is -0.392 e. The second-order valence-corrected chi connectivity index (χ2v) is 2.21. The first-order chi connectivity index (χ1) is 4.76. The van der Waals surface area contributed by atoms with Gasteiger partial charge in [-0.2, -0.15) is 0 Å². The standard InChI is InChI=1S/C7H12O3/c1-2-3-7(10)6(4-8)5-9/h4-7,10H,2-3H2,1H3. The molecule has 0 aromatic rings. The summed E-state index contributed by atoms with van der Waals surface area (Å²) in [6.45, 7) is 1.88. The SMILES string of the molecule is CCCC(O)C(C=O)C=O. The zero-order chi connectivity index (χ0) is 7.98. The Balaban J connectivity index is 3.75. The van der Waals surface area contributed by atoms with Crippen molar-refractivity contribution in [2.45, 2.75) is 25.9 Å². The average molecular weight is 144 g/mol. The average Bonchev–Trinajstić information content (AvgIpc) is 1.91. The summed E-state index contributed by atoms with van der Waals surface area (Å²) >= 11 is 0. The Kier molecular flexibility index (Phi) is 4.76. The molecule has 1 N–H and O–H groups in total. The quantitative estimate of drug-likeness (QED) is 0.441. The van der Waals surface area contributed by atoms with Gasteiger partial charge in [-0.25, -0.2) is 0 Å². The maximum atomic E-state index is 10.1. The molecule has 1 unspecified atom stereocenters. The van der Waals surface area contributed by atoms with E-state index in [1.807, 2.05) is 6.92 Å². The molecule has 0 amide bonds. The van der Waals surface area contributed by atoms with E-state index in [0.717, 1.165) is 6.42 Å². The van der Waals surface area contributed by atoms with Gasteiger partial charge in [-0.15, -0.1) is 0 Å². The summed E-state index contributed by atoms with van der Waals surface area (Å²) in [5.74, 6) is -0.833. The molecule has 0 radical (unpaired) electrons. The van der Waals surface area contributed by atoms with Crippen molar-refractivity contribution in [3.8, 4) is 0 Å². The molecule has 1 atom stereocenters. The normalized spacial score (nSPS) is 13.1. The van der Waals surface area contributed by atoms with Gasteiger partial charge in [0.15, 0.2) is 0 Å². The lowest BCUT2D eigenvalue weighted by Crippen LogP contribution is -2.22. The molecule has 0 rings (SSSR count). The molecule has 0 fully saturated rings. The van der Waals surface area contributed by atoms with Crippen molar-refractivity contribution in [3.63, 3.8) is 0 Å². The summed E-state index contributed by atoms with van der Waals surface area (Å²) in [6, 6.07) is 0. The molecule has 0 aromatic carbocycles. The van der Waals surface area contributed by atoms with Crippen LogP contribution in [0.5, 0.6) is 0 Å². The van der Waals surface area contributed by atoms with E-state index in [1.165, 1.54) is 0 Å². The number of hydrogen-bond donors (Lipinski definition) is 1. The molecular formula is C7H12O3. The fourth-order valence-electron chi connectivity index (χ4n) is 0.702. The van der Waals surface area contributed by atoms with Crippen LogP contribution >= 0.6 is 0 Å². The van der Waals surface area contributed by atoms with Crippen molar-refractivity contribution >= 4 is 12.6 Å². The zero-order valence-corrected chi connectivity index (χ0v) is 5.99. The topological polar surface area (TPSA) is 54.4 Å². The molecule has 3 heteroatoms. The van der Waals surface area contributed by atoms with E-state index in [0.29, 0.717) is 19.0 Å². The Bertz CT molecular complexity index is 103. The number of aldehydes is 2. The summed E-state index contributed by atoms with van der Waals surface area (Å²) in [5, 5.41) is 9.05. The zero-order valence-electron chi connectivity index (χ0n) is 5.99. The van der Waals surface area contributed by atoms with E-state index < -0.39 is 12.0 Å². The molecular weight excluding hydrogens is 132 g/mol. The van der Waals surface area contributed by atoms with Gasteiger partial charge in [-0.05, 0) is 6.42 Å². The Morgan fingerprint density at radius 1 is 1.40 bits per heavy atom. The second-order valence-electron chi connectivity index (χ2n) is 2.21. The van der Waals surface area contributed by atoms with Crippen molar-refractivity contribution < 1.29 is 14.7 Å². The summed E-state index contributed by atoms with van der Waals surface area (Å²) < 4.78 is 0. The van der Waals surface area contributed by atoms with Gasteiger partial charge in [0, 0.05) is 0 Å². The predicted molar refractivity (Wildman–Crippen MR) is 36.5 cm³/mol. The van der Waals surface area contributed by atoms with E-state index in [4.69, 9.17) is 5.11 Å². The van der Waals surface area contributed by atoms with Crippen LogP contribution in [0.15, 0.2) is 0 Å². The summed E-state index contributed by atoms with van der Waals surface area (Å²) in [4.78, 5) is 20.1. The van der Waals surface area contributed by atoms with Gasteiger partial charge < -0.3 is 14.7 Å². The second kappa shape index (κ2) is 5.11. The lowest BCUT2D eigenvalue weighted by atomic mass is 10.0. The first-order valence-corrected chi connectivity index (χ1v) is 3.34. The van der Waals surface area contributed by atoms with E-state index in [-0.39, 0.29) is 0 Å². The van der Waals surface area contributed by atoms with E-state index in [9.17, 15) is 9.59 Å². The Morgan fingerprint density at radius 2 is 1.90 bits per heavy atom. The lowest BCUT2D eigenvalue weighted by Gasteiger charge is -2.09. The molecule has 0 aliphatic carbocycles. The highest BCUT2D eigenvalue weighted by Crippen LogP contribution is 2.04. The van der Waals surface area contributed by atoms with Gasteiger partial charge >= 0.3 is 0 Å². The fraction of sp³-hybridized carbons (Fsp3) is 0.714. The minimum absolute atomic E-state index is 0.479. The largest absolute Gasteiger partial charge is 0.392 e. The molecule has 0 saturated heterocycles. The van der Waals surface area contributed by atoms with E-state index in [1.54, 1.807) is 0 Å². The minimum atomic E-state index is -0.833. The Hall–Kier alpha value is -0.700. The number of carbonyl (C=O) groups excluding carboxylic acids is 2. The Labute approximate surface area is 60.0 Å². The highest BCUT2D eigenvalue weighted by molar-refractivity contribution is 5.78. The maximum absolute atomic E-state index is 10.1. The van der Waals surface area contributed by atoms with Crippen LogP contribution in [-0.4, -0.2) is 23.8 Å². The number of rotatable bonds is 5. The Morgan fingerprint density at radius 3 is 2.20 bits per heavy atom. The van der Waals surface area contributed by atoms with Crippen molar-refractivity contribution in [2.24, 2.45) is 5.92 Å². The van der Waals surface area contributed by atoms with Crippen molar-refractivity contribution in [1.29, 1.82) is 0 Å². The number of hydrogen-bond acceptors (Lipinski definition) is 3. The third-order valence-electron chi connectivity index (χ3n) is 1.34. The predicted octanol–water partition coefficient (Wildman–Crippen LogP) is 0.161. The first kappa shape index (κ1) is 9.30.